The van der Waals surface area contributed by atoms with Crippen molar-refractivity contribution in [2.75, 3.05) is 25.1 Å². The van der Waals surface area contributed by atoms with Crippen LogP contribution in [0.1, 0.15) is 30.4 Å². The smallest absolute Gasteiger partial charge is 0.308 e. The number of rotatable bonds is 3. The van der Waals surface area contributed by atoms with Crippen molar-refractivity contribution in [2.45, 2.75) is 39.2 Å². The van der Waals surface area contributed by atoms with Gasteiger partial charge in [-0.1, -0.05) is 6.07 Å². The minimum absolute atomic E-state index is 0.107. The summed E-state index contributed by atoms with van der Waals surface area (Å²) in [5, 5.41) is 0. The fourth-order valence-corrected chi connectivity index (χ4v) is 3.87. The summed E-state index contributed by atoms with van der Waals surface area (Å²) in [6.07, 6.45) is 1.52. The zero-order valence-electron chi connectivity index (χ0n) is 14.9. The van der Waals surface area contributed by atoms with Crippen molar-refractivity contribution in [2.24, 2.45) is 5.92 Å². The van der Waals surface area contributed by atoms with Crippen LogP contribution in [0.5, 0.6) is 0 Å². The van der Waals surface area contributed by atoms with Crippen molar-refractivity contribution in [1.82, 2.24) is 4.90 Å². The number of hydrogen-bond acceptors (Lipinski definition) is 5. The molecule has 0 unspecified atom stereocenters. The van der Waals surface area contributed by atoms with Crippen LogP contribution in [-0.4, -0.2) is 48.9 Å². The molecule has 6 nitrogen and oxygen atoms in total. The maximum atomic E-state index is 12.9. The number of nitrogens with zero attached hydrogens (tertiary/aromatic N) is 2. The van der Waals surface area contributed by atoms with Crippen LogP contribution in [0.2, 0.25) is 0 Å². The van der Waals surface area contributed by atoms with E-state index in [-0.39, 0.29) is 30.1 Å². The summed E-state index contributed by atoms with van der Waals surface area (Å²) in [5.41, 5.74) is 2.70. The van der Waals surface area contributed by atoms with Gasteiger partial charge in [0.2, 0.25) is 5.91 Å². The average Bonchev–Trinajstić information content (AvgIpc) is 2.88. The highest BCUT2D eigenvalue weighted by atomic mass is 16.5. The zero-order chi connectivity index (χ0) is 18.1. The summed E-state index contributed by atoms with van der Waals surface area (Å²) in [6.45, 7) is 5.17. The Morgan fingerprint density at radius 2 is 1.68 bits per heavy atom. The summed E-state index contributed by atoms with van der Waals surface area (Å²) in [5.74, 6) is -0.615. The number of imide groups is 1. The van der Waals surface area contributed by atoms with Gasteiger partial charge in [-0.3, -0.25) is 19.3 Å². The Balaban J connectivity index is 1.73. The average molecular weight is 344 g/mol. The number of carbonyl (C=O) groups excluding carboxylic acids is 3. The number of methoxy groups -OCH3 is 1. The molecule has 2 saturated heterocycles. The first-order valence-electron chi connectivity index (χ1n) is 8.67. The van der Waals surface area contributed by atoms with E-state index in [9.17, 15) is 14.4 Å². The maximum Gasteiger partial charge on any atom is 0.308 e. The first-order chi connectivity index (χ1) is 11.9. The van der Waals surface area contributed by atoms with E-state index in [0.29, 0.717) is 31.6 Å². The van der Waals surface area contributed by atoms with Crippen LogP contribution >= 0.6 is 0 Å². The number of piperidine rings is 1. The largest absolute Gasteiger partial charge is 0.469 e. The normalized spacial score (nSPS) is 22.5. The van der Waals surface area contributed by atoms with E-state index >= 15 is 0 Å². The number of amides is 2. The van der Waals surface area contributed by atoms with E-state index in [0.717, 1.165) is 11.1 Å². The Hall–Kier alpha value is -2.21. The molecular formula is C19H24N2O4. The predicted molar refractivity (Wildman–Crippen MR) is 93.1 cm³/mol. The molecule has 6 heteroatoms. The summed E-state index contributed by atoms with van der Waals surface area (Å²) in [6, 6.07) is 5.33. The standard InChI is InChI=1S/C19H24N2O4/c1-12-8-13(2)10-15(9-12)21-17(22)11-16(18(21)23)20-6-4-14(5-7-20)19(24)25-3/h8-10,14,16H,4-7,11H2,1-3H3/t16-/m0/s1. The molecule has 0 aliphatic carbocycles. The molecule has 0 radical (unpaired) electrons. The fourth-order valence-electron chi connectivity index (χ4n) is 3.87. The molecular weight excluding hydrogens is 320 g/mol. The Morgan fingerprint density at radius 3 is 2.24 bits per heavy atom. The summed E-state index contributed by atoms with van der Waals surface area (Å²) in [4.78, 5) is 40.4. The number of ether oxygens (including phenoxy) is 1. The third-order valence-electron chi connectivity index (χ3n) is 5.09. The van der Waals surface area contributed by atoms with E-state index < -0.39 is 6.04 Å². The van der Waals surface area contributed by atoms with Gasteiger partial charge in [0.25, 0.3) is 5.91 Å². The van der Waals surface area contributed by atoms with Gasteiger partial charge in [-0.15, -0.1) is 0 Å². The summed E-state index contributed by atoms with van der Waals surface area (Å²) in [7, 11) is 1.40. The van der Waals surface area contributed by atoms with E-state index in [4.69, 9.17) is 4.74 Å². The molecule has 2 amide bonds. The molecule has 2 aliphatic rings. The first-order valence-corrected chi connectivity index (χ1v) is 8.67. The lowest BCUT2D eigenvalue weighted by molar-refractivity contribution is -0.147. The number of hydrogen-bond donors (Lipinski definition) is 0. The van der Waals surface area contributed by atoms with Gasteiger partial charge < -0.3 is 4.74 Å². The van der Waals surface area contributed by atoms with Crippen LogP contribution in [0.25, 0.3) is 0 Å². The van der Waals surface area contributed by atoms with Crippen LogP contribution in [0.3, 0.4) is 0 Å². The molecule has 0 saturated carbocycles. The zero-order valence-corrected chi connectivity index (χ0v) is 14.9. The second-order valence-corrected chi connectivity index (χ2v) is 6.97. The monoisotopic (exact) mass is 344 g/mol. The molecule has 0 N–H and O–H groups in total. The highest BCUT2D eigenvalue weighted by Gasteiger charge is 2.44. The highest BCUT2D eigenvalue weighted by Crippen LogP contribution is 2.30. The van der Waals surface area contributed by atoms with Gasteiger partial charge in [0.1, 0.15) is 0 Å². The molecule has 3 rings (SSSR count). The molecule has 0 bridgehead atoms. The van der Waals surface area contributed by atoms with Gasteiger partial charge in [0, 0.05) is 0 Å². The Labute approximate surface area is 147 Å². The second-order valence-electron chi connectivity index (χ2n) is 6.97. The fraction of sp³-hybridized carbons (Fsp3) is 0.526. The molecule has 2 aliphatic heterocycles. The van der Waals surface area contributed by atoms with Crippen molar-refractivity contribution in [3.8, 4) is 0 Å². The topological polar surface area (TPSA) is 66.9 Å². The van der Waals surface area contributed by atoms with Crippen LogP contribution < -0.4 is 4.90 Å². The van der Waals surface area contributed by atoms with Crippen molar-refractivity contribution in [3.05, 3.63) is 29.3 Å². The van der Waals surface area contributed by atoms with Crippen LogP contribution in [0, 0.1) is 19.8 Å². The van der Waals surface area contributed by atoms with Crippen LogP contribution in [-0.2, 0) is 19.1 Å². The van der Waals surface area contributed by atoms with E-state index in [1.165, 1.54) is 12.0 Å². The van der Waals surface area contributed by atoms with E-state index in [2.05, 4.69) is 0 Å². The SMILES string of the molecule is COC(=O)C1CCN([C@H]2CC(=O)N(c3cc(C)cc(C)c3)C2=O)CC1. The lowest BCUT2D eigenvalue weighted by atomic mass is 9.95. The summed E-state index contributed by atoms with van der Waals surface area (Å²) < 4.78 is 4.80. The molecule has 0 aromatic heterocycles. The number of anilines is 1. The quantitative estimate of drug-likeness (QED) is 0.618. The molecule has 1 aromatic carbocycles. The van der Waals surface area contributed by atoms with Crippen molar-refractivity contribution in [3.63, 3.8) is 0 Å². The van der Waals surface area contributed by atoms with Gasteiger partial charge >= 0.3 is 5.97 Å². The third kappa shape index (κ3) is 3.44. The Bertz CT molecular complexity index is 687. The van der Waals surface area contributed by atoms with Crippen LogP contribution in [0.15, 0.2) is 18.2 Å². The minimum Gasteiger partial charge on any atom is -0.469 e. The molecule has 0 spiro atoms. The van der Waals surface area contributed by atoms with Gasteiger partial charge in [-0.2, -0.15) is 0 Å². The van der Waals surface area contributed by atoms with Gasteiger partial charge in [0.15, 0.2) is 0 Å². The molecule has 1 aromatic rings. The van der Waals surface area contributed by atoms with Gasteiger partial charge in [-0.05, 0) is 63.0 Å². The third-order valence-corrected chi connectivity index (χ3v) is 5.09. The Morgan fingerprint density at radius 1 is 1.08 bits per heavy atom. The van der Waals surface area contributed by atoms with Crippen molar-refractivity contribution in [1.29, 1.82) is 0 Å². The number of benzene rings is 1. The lowest BCUT2D eigenvalue weighted by Gasteiger charge is -2.33. The second kappa shape index (κ2) is 6.96. The lowest BCUT2D eigenvalue weighted by Crippen LogP contribution is -2.47. The Kier molecular flexibility index (Phi) is 4.90. The minimum atomic E-state index is -0.424. The van der Waals surface area contributed by atoms with Gasteiger partial charge in [-0.25, -0.2) is 4.90 Å². The maximum absolute atomic E-state index is 12.9. The van der Waals surface area contributed by atoms with Crippen molar-refractivity contribution >= 4 is 23.5 Å². The highest BCUT2D eigenvalue weighted by molar-refractivity contribution is 6.22. The number of aryl methyl sites for hydroxylation is 2. The molecule has 2 fully saturated rings. The van der Waals surface area contributed by atoms with Crippen molar-refractivity contribution < 1.29 is 19.1 Å². The predicted octanol–water partition coefficient (Wildman–Crippen LogP) is 1.82. The molecule has 25 heavy (non-hydrogen) atoms. The molecule has 134 valence electrons. The van der Waals surface area contributed by atoms with E-state index in [1.54, 1.807) is 0 Å². The number of carbonyl (C=O) groups is 3. The first kappa shape index (κ1) is 17.6. The number of esters is 1. The number of likely N-dealkylation sites (tertiary alicyclic amines) is 1. The molecule has 2 heterocycles. The van der Waals surface area contributed by atoms with E-state index in [1.807, 2.05) is 36.9 Å². The summed E-state index contributed by atoms with van der Waals surface area (Å²) >= 11 is 0. The molecule has 1 atom stereocenters. The van der Waals surface area contributed by atoms with Crippen LogP contribution in [0.4, 0.5) is 5.69 Å². The van der Waals surface area contributed by atoms with Gasteiger partial charge in [0.05, 0.1) is 31.2 Å².